The topological polar surface area (TPSA) is 61.0 Å². The molecule has 0 fully saturated rings. The second-order valence-electron chi connectivity index (χ2n) is 3.09. The zero-order valence-electron chi connectivity index (χ0n) is 8.11. The molecule has 14 heavy (non-hydrogen) atoms. The number of hydrogen-bond acceptors (Lipinski definition) is 3. The third kappa shape index (κ3) is 2.23. The van der Waals surface area contributed by atoms with Crippen molar-refractivity contribution in [3.63, 3.8) is 0 Å². The Morgan fingerprint density at radius 2 is 2.43 bits per heavy atom. The minimum atomic E-state index is -0.478. The van der Waals surface area contributed by atoms with Crippen LogP contribution in [0.25, 0.3) is 0 Å². The SMILES string of the molecule is CCC(Cl)Cc1c([N+](=O)[O-])ncn1C. The van der Waals surface area contributed by atoms with E-state index in [1.807, 2.05) is 6.92 Å². The Kier molecular flexibility index (Phi) is 3.46. The molecule has 5 nitrogen and oxygen atoms in total. The fourth-order valence-corrected chi connectivity index (χ4v) is 1.33. The molecule has 1 heterocycles. The summed E-state index contributed by atoms with van der Waals surface area (Å²) in [4.78, 5) is 13.8. The van der Waals surface area contributed by atoms with Gasteiger partial charge in [-0.25, -0.2) is 0 Å². The highest BCUT2D eigenvalue weighted by atomic mass is 35.5. The van der Waals surface area contributed by atoms with E-state index in [1.165, 1.54) is 6.33 Å². The Hall–Kier alpha value is -1.10. The van der Waals surface area contributed by atoms with Crippen LogP contribution in [0.3, 0.4) is 0 Å². The minimum Gasteiger partial charge on any atom is -0.358 e. The van der Waals surface area contributed by atoms with Crippen LogP contribution < -0.4 is 0 Å². The molecule has 0 bridgehead atoms. The monoisotopic (exact) mass is 217 g/mol. The smallest absolute Gasteiger partial charge is 0.358 e. The summed E-state index contributed by atoms with van der Waals surface area (Å²) in [7, 11) is 1.73. The largest absolute Gasteiger partial charge is 0.384 e. The number of halogens is 1. The van der Waals surface area contributed by atoms with Crippen LogP contribution in [0.2, 0.25) is 0 Å². The number of imidazole rings is 1. The Bertz CT molecular complexity index is 337. The molecule has 1 aromatic rings. The summed E-state index contributed by atoms with van der Waals surface area (Å²) >= 11 is 5.94. The second kappa shape index (κ2) is 4.41. The first-order valence-electron chi connectivity index (χ1n) is 4.34. The van der Waals surface area contributed by atoms with Gasteiger partial charge in [0, 0.05) is 18.8 Å². The predicted octanol–water partition coefficient (Wildman–Crippen LogP) is 1.89. The van der Waals surface area contributed by atoms with E-state index in [0.717, 1.165) is 6.42 Å². The highest BCUT2D eigenvalue weighted by Crippen LogP contribution is 2.19. The van der Waals surface area contributed by atoms with Gasteiger partial charge in [-0.05, 0) is 16.3 Å². The van der Waals surface area contributed by atoms with Gasteiger partial charge in [-0.15, -0.1) is 11.6 Å². The Labute approximate surface area is 86.9 Å². The number of nitrogens with zero attached hydrogens (tertiary/aromatic N) is 3. The van der Waals surface area contributed by atoms with Gasteiger partial charge < -0.3 is 14.7 Å². The van der Waals surface area contributed by atoms with Crippen molar-refractivity contribution in [1.82, 2.24) is 9.55 Å². The van der Waals surface area contributed by atoms with Gasteiger partial charge in [0.25, 0.3) is 0 Å². The van der Waals surface area contributed by atoms with E-state index >= 15 is 0 Å². The number of nitro groups is 1. The molecular formula is C8H12ClN3O2. The van der Waals surface area contributed by atoms with E-state index in [9.17, 15) is 10.1 Å². The summed E-state index contributed by atoms with van der Waals surface area (Å²) in [5.41, 5.74) is 0.580. The van der Waals surface area contributed by atoms with Gasteiger partial charge in [0.2, 0.25) is 6.33 Å². The predicted molar refractivity (Wildman–Crippen MR) is 53.5 cm³/mol. The molecule has 0 amide bonds. The van der Waals surface area contributed by atoms with E-state index in [2.05, 4.69) is 4.98 Å². The molecule has 0 aromatic carbocycles. The summed E-state index contributed by atoms with van der Waals surface area (Å²) < 4.78 is 1.64. The first kappa shape index (κ1) is 11.0. The maximum absolute atomic E-state index is 10.6. The normalized spacial score (nSPS) is 12.8. The molecule has 78 valence electrons. The lowest BCUT2D eigenvalue weighted by molar-refractivity contribution is -0.390. The minimum absolute atomic E-state index is 0.0795. The van der Waals surface area contributed by atoms with Crippen LogP contribution in [0.5, 0.6) is 0 Å². The van der Waals surface area contributed by atoms with E-state index < -0.39 is 4.92 Å². The van der Waals surface area contributed by atoms with Gasteiger partial charge in [-0.2, -0.15) is 0 Å². The van der Waals surface area contributed by atoms with Crippen molar-refractivity contribution in [2.45, 2.75) is 25.1 Å². The molecule has 0 aliphatic rings. The molecule has 0 aliphatic heterocycles. The molecule has 1 rings (SSSR count). The Balaban J connectivity index is 2.93. The van der Waals surface area contributed by atoms with Gasteiger partial charge in [0.1, 0.15) is 5.69 Å². The van der Waals surface area contributed by atoms with Gasteiger partial charge in [-0.3, -0.25) is 0 Å². The van der Waals surface area contributed by atoms with Gasteiger partial charge in [-0.1, -0.05) is 6.92 Å². The van der Waals surface area contributed by atoms with Gasteiger partial charge in [0.05, 0.1) is 0 Å². The van der Waals surface area contributed by atoms with Crippen molar-refractivity contribution in [2.75, 3.05) is 0 Å². The molecule has 0 aliphatic carbocycles. The summed E-state index contributed by atoms with van der Waals surface area (Å²) in [6, 6.07) is 0. The fourth-order valence-electron chi connectivity index (χ4n) is 1.19. The molecule has 0 saturated carbocycles. The molecular weight excluding hydrogens is 206 g/mol. The van der Waals surface area contributed by atoms with Crippen LogP contribution in [0, 0.1) is 10.1 Å². The molecule has 1 aromatic heterocycles. The van der Waals surface area contributed by atoms with Crippen LogP contribution in [0.15, 0.2) is 6.33 Å². The van der Waals surface area contributed by atoms with E-state index in [1.54, 1.807) is 11.6 Å². The van der Waals surface area contributed by atoms with Crippen molar-refractivity contribution in [2.24, 2.45) is 7.05 Å². The Morgan fingerprint density at radius 3 is 2.93 bits per heavy atom. The van der Waals surface area contributed by atoms with Crippen LogP contribution in [0.4, 0.5) is 5.82 Å². The van der Waals surface area contributed by atoms with Crippen molar-refractivity contribution in [3.05, 3.63) is 22.1 Å². The quantitative estimate of drug-likeness (QED) is 0.440. The molecule has 1 unspecified atom stereocenters. The molecule has 0 N–H and O–H groups in total. The third-order valence-corrected chi connectivity index (χ3v) is 2.53. The first-order valence-corrected chi connectivity index (χ1v) is 4.78. The lowest BCUT2D eigenvalue weighted by Gasteiger charge is -2.05. The van der Waals surface area contributed by atoms with Crippen molar-refractivity contribution in [1.29, 1.82) is 0 Å². The maximum atomic E-state index is 10.6. The second-order valence-corrected chi connectivity index (χ2v) is 3.71. The first-order chi connectivity index (χ1) is 6.56. The average Bonchev–Trinajstić information content (AvgIpc) is 2.48. The lowest BCUT2D eigenvalue weighted by atomic mass is 10.2. The van der Waals surface area contributed by atoms with Crippen LogP contribution in [-0.2, 0) is 13.5 Å². The Morgan fingerprint density at radius 1 is 1.79 bits per heavy atom. The van der Waals surface area contributed by atoms with Crippen LogP contribution in [0.1, 0.15) is 19.0 Å². The standard InChI is InChI=1S/C8H12ClN3O2/c1-3-6(9)4-7-8(12(13)14)10-5-11(7)2/h5-6H,3-4H2,1-2H3. The summed E-state index contributed by atoms with van der Waals surface area (Å²) in [5, 5.41) is 10.5. The number of hydrogen-bond donors (Lipinski definition) is 0. The number of aromatic nitrogens is 2. The highest BCUT2D eigenvalue weighted by Gasteiger charge is 2.21. The van der Waals surface area contributed by atoms with Crippen LogP contribution in [-0.4, -0.2) is 19.9 Å². The van der Waals surface area contributed by atoms with Gasteiger partial charge in [0.15, 0.2) is 0 Å². The van der Waals surface area contributed by atoms with Crippen molar-refractivity contribution in [3.8, 4) is 0 Å². The molecule has 0 radical (unpaired) electrons. The van der Waals surface area contributed by atoms with Crippen molar-refractivity contribution < 1.29 is 4.92 Å². The van der Waals surface area contributed by atoms with Crippen LogP contribution >= 0.6 is 11.6 Å². The van der Waals surface area contributed by atoms with Crippen molar-refractivity contribution >= 4 is 17.4 Å². The summed E-state index contributed by atoms with van der Waals surface area (Å²) in [5.74, 6) is -0.0911. The molecule has 1 atom stereocenters. The fraction of sp³-hybridized carbons (Fsp3) is 0.625. The highest BCUT2D eigenvalue weighted by molar-refractivity contribution is 6.20. The van der Waals surface area contributed by atoms with Gasteiger partial charge >= 0.3 is 5.82 Å². The number of aryl methyl sites for hydroxylation is 1. The molecule has 6 heteroatoms. The molecule has 0 saturated heterocycles. The van der Waals surface area contributed by atoms with E-state index in [0.29, 0.717) is 12.1 Å². The third-order valence-electron chi connectivity index (χ3n) is 2.07. The lowest BCUT2D eigenvalue weighted by Crippen LogP contribution is -2.07. The number of rotatable bonds is 4. The summed E-state index contributed by atoms with van der Waals surface area (Å²) in [6.45, 7) is 1.94. The average molecular weight is 218 g/mol. The zero-order chi connectivity index (χ0) is 10.7. The summed E-state index contributed by atoms with van der Waals surface area (Å²) in [6.07, 6.45) is 2.70. The maximum Gasteiger partial charge on any atom is 0.384 e. The molecule has 0 spiro atoms. The zero-order valence-corrected chi connectivity index (χ0v) is 8.86. The number of alkyl halides is 1. The van der Waals surface area contributed by atoms with E-state index in [4.69, 9.17) is 11.6 Å². The van der Waals surface area contributed by atoms with E-state index in [-0.39, 0.29) is 11.2 Å².